The number of nitrogens with zero attached hydrogens (tertiary/aromatic N) is 2. The lowest BCUT2D eigenvalue weighted by atomic mass is 10.2. The summed E-state index contributed by atoms with van der Waals surface area (Å²) in [5, 5.41) is 7.58. The van der Waals surface area contributed by atoms with Crippen LogP contribution in [0.4, 0.5) is 5.69 Å². The van der Waals surface area contributed by atoms with Gasteiger partial charge in [0.1, 0.15) is 0 Å². The molecule has 6 nitrogen and oxygen atoms in total. The largest absolute Gasteiger partial charge is 0.493 e. The van der Waals surface area contributed by atoms with Gasteiger partial charge in [0.05, 0.1) is 25.3 Å². The summed E-state index contributed by atoms with van der Waals surface area (Å²) in [6.45, 7) is 7.93. The molecule has 0 atom stereocenters. The topological polar surface area (TPSA) is 67.8 Å². The number of guanidine groups is 1. The molecule has 2 N–H and O–H groups in total. The number of halogens is 1. The number of aromatic nitrogens is 1. The molecule has 1 heterocycles. The van der Waals surface area contributed by atoms with E-state index in [1.165, 1.54) is 0 Å². The fraction of sp³-hybridized carbons (Fsp3) is 0.412. The first-order valence-corrected chi connectivity index (χ1v) is 8.75. The minimum Gasteiger partial charge on any atom is -0.493 e. The monoisotopic (exact) mass is 476 g/mol. The molecule has 0 amide bonds. The quantitative estimate of drug-likeness (QED) is 0.359. The van der Waals surface area contributed by atoms with Crippen LogP contribution in [-0.4, -0.2) is 31.2 Å². The highest BCUT2D eigenvalue weighted by Crippen LogP contribution is 2.30. The van der Waals surface area contributed by atoms with Gasteiger partial charge in [-0.25, -0.2) is 9.98 Å². The summed E-state index contributed by atoms with van der Waals surface area (Å²) in [5.74, 6) is 2.14. The van der Waals surface area contributed by atoms with E-state index in [4.69, 9.17) is 9.47 Å². The summed E-state index contributed by atoms with van der Waals surface area (Å²) < 4.78 is 10.9. The molecular formula is C17H25IN4O2S. The van der Waals surface area contributed by atoms with Crippen molar-refractivity contribution in [1.29, 1.82) is 0 Å². The number of anilines is 1. The molecule has 8 heteroatoms. The summed E-state index contributed by atoms with van der Waals surface area (Å²) in [6, 6.07) is 5.72. The van der Waals surface area contributed by atoms with Gasteiger partial charge in [0, 0.05) is 29.4 Å². The maximum absolute atomic E-state index is 5.61. The molecule has 0 radical (unpaired) electrons. The Morgan fingerprint density at radius 2 is 2.08 bits per heavy atom. The van der Waals surface area contributed by atoms with Crippen molar-refractivity contribution in [2.45, 2.75) is 27.3 Å². The fourth-order valence-corrected chi connectivity index (χ4v) is 2.82. The van der Waals surface area contributed by atoms with Crippen molar-refractivity contribution in [3.05, 3.63) is 34.3 Å². The van der Waals surface area contributed by atoms with Gasteiger partial charge >= 0.3 is 0 Å². The summed E-state index contributed by atoms with van der Waals surface area (Å²) >= 11 is 1.66. The number of rotatable bonds is 7. The van der Waals surface area contributed by atoms with Gasteiger partial charge in [0.15, 0.2) is 17.5 Å². The molecule has 0 aliphatic heterocycles. The van der Waals surface area contributed by atoms with Crippen LogP contribution in [0.3, 0.4) is 0 Å². The highest BCUT2D eigenvalue weighted by Gasteiger charge is 2.07. The Labute approximate surface area is 170 Å². The number of hydrogen-bond donors (Lipinski definition) is 2. The Morgan fingerprint density at radius 1 is 1.28 bits per heavy atom. The first-order chi connectivity index (χ1) is 11.7. The van der Waals surface area contributed by atoms with E-state index in [2.05, 4.69) is 20.6 Å². The number of aliphatic imine (C=N–C) groups is 1. The Bertz CT molecular complexity index is 691. The summed E-state index contributed by atoms with van der Waals surface area (Å²) in [6.07, 6.45) is 1.87. The molecule has 2 rings (SSSR count). The molecule has 0 spiro atoms. The van der Waals surface area contributed by atoms with E-state index in [-0.39, 0.29) is 24.0 Å². The molecule has 1 aromatic carbocycles. The lowest BCUT2D eigenvalue weighted by Crippen LogP contribution is -2.30. The number of aryl methyl sites for hydroxylation is 1. The van der Waals surface area contributed by atoms with Crippen LogP contribution in [0, 0.1) is 6.92 Å². The van der Waals surface area contributed by atoms with Gasteiger partial charge in [-0.15, -0.1) is 35.3 Å². The number of ether oxygens (including phenoxy) is 2. The van der Waals surface area contributed by atoms with Gasteiger partial charge in [0.25, 0.3) is 0 Å². The average molecular weight is 476 g/mol. The maximum atomic E-state index is 5.61. The predicted molar refractivity (Wildman–Crippen MR) is 115 cm³/mol. The molecule has 25 heavy (non-hydrogen) atoms. The van der Waals surface area contributed by atoms with Crippen molar-refractivity contribution in [1.82, 2.24) is 10.3 Å². The zero-order valence-electron chi connectivity index (χ0n) is 15.0. The van der Waals surface area contributed by atoms with E-state index in [0.29, 0.717) is 24.7 Å². The number of nitrogens with one attached hydrogen (secondary N) is 2. The first-order valence-electron chi connectivity index (χ1n) is 7.93. The predicted octanol–water partition coefficient (Wildman–Crippen LogP) is 4.05. The zero-order valence-corrected chi connectivity index (χ0v) is 18.1. The molecule has 0 bridgehead atoms. The molecule has 0 fully saturated rings. The molecule has 0 aliphatic carbocycles. The highest BCUT2D eigenvalue weighted by atomic mass is 127. The van der Waals surface area contributed by atoms with Crippen LogP contribution in [0.25, 0.3) is 0 Å². The van der Waals surface area contributed by atoms with E-state index < -0.39 is 0 Å². The number of methoxy groups -OCH3 is 1. The number of hydrogen-bond acceptors (Lipinski definition) is 5. The zero-order chi connectivity index (χ0) is 17.4. The van der Waals surface area contributed by atoms with Crippen LogP contribution in [0.15, 0.2) is 29.4 Å². The first kappa shape index (κ1) is 21.5. The van der Waals surface area contributed by atoms with E-state index >= 15 is 0 Å². The van der Waals surface area contributed by atoms with Crippen LogP contribution in [0.5, 0.6) is 11.5 Å². The molecular weight excluding hydrogens is 451 g/mol. The van der Waals surface area contributed by atoms with Crippen molar-refractivity contribution in [2.75, 3.05) is 25.6 Å². The van der Waals surface area contributed by atoms with Gasteiger partial charge in [-0.2, -0.15) is 0 Å². The van der Waals surface area contributed by atoms with Gasteiger partial charge < -0.3 is 20.1 Å². The third kappa shape index (κ3) is 6.69. The van der Waals surface area contributed by atoms with Gasteiger partial charge in [-0.3, -0.25) is 0 Å². The number of thiazole rings is 1. The van der Waals surface area contributed by atoms with Gasteiger partial charge in [-0.1, -0.05) is 0 Å². The average Bonchev–Trinajstić information content (AvgIpc) is 2.99. The van der Waals surface area contributed by atoms with E-state index in [9.17, 15) is 0 Å². The third-order valence-corrected chi connectivity index (χ3v) is 4.03. The van der Waals surface area contributed by atoms with Crippen LogP contribution in [-0.2, 0) is 6.54 Å². The van der Waals surface area contributed by atoms with Crippen LogP contribution >= 0.6 is 35.3 Å². The van der Waals surface area contributed by atoms with Crippen molar-refractivity contribution in [3.63, 3.8) is 0 Å². The molecule has 0 saturated heterocycles. The standard InChI is InChI=1S/C17H24N4O2S.HI/c1-5-18-17(20-11-14-10-19-12(3)24-14)21-13-7-8-15(22-4)16(9-13)23-6-2;/h7-10H,5-6,11H2,1-4H3,(H2,18,20,21);1H. The Kier molecular flexibility index (Phi) is 9.58. The van der Waals surface area contributed by atoms with Crippen molar-refractivity contribution in [3.8, 4) is 11.5 Å². The second-order valence-electron chi connectivity index (χ2n) is 4.96. The second kappa shape index (κ2) is 11.1. The Morgan fingerprint density at radius 3 is 2.68 bits per heavy atom. The molecule has 2 aromatic rings. The molecule has 0 unspecified atom stereocenters. The SMILES string of the molecule is CCNC(=NCc1cnc(C)s1)Nc1ccc(OC)c(OCC)c1.I. The molecule has 0 saturated carbocycles. The third-order valence-electron chi connectivity index (χ3n) is 3.13. The van der Waals surface area contributed by atoms with E-state index in [0.717, 1.165) is 28.1 Å². The maximum Gasteiger partial charge on any atom is 0.196 e. The van der Waals surface area contributed by atoms with Gasteiger partial charge in [-0.05, 0) is 32.9 Å². The van der Waals surface area contributed by atoms with Gasteiger partial charge in [0.2, 0.25) is 0 Å². The van der Waals surface area contributed by atoms with E-state index in [1.807, 2.05) is 45.2 Å². The minimum absolute atomic E-state index is 0. The highest BCUT2D eigenvalue weighted by molar-refractivity contribution is 14.0. The molecule has 1 aromatic heterocycles. The van der Waals surface area contributed by atoms with Crippen molar-refractivity contribution < 1.29 is 9.47 Å². The molecule has 138 valence electrons. The molecule has 0 aliphatic rings. The van der Waals surface area contributed by atoms with Crippen LogP contribution < -0.4 is 20.1 Å². The normalized spacial score (nSPS) is 10.8. The van der Waals surface area contributed by atoms with Crippen molar-refractivity contribution >= 4 is 47.0 Å². The van der Waals surface area contributed by atoms with Crippen LogP contribution in [0.2, 0.25) is 0 Å². The van der Waals surface area contributed by atoms with Crippen molar-refractivity contribution in [2.24, 2.45) is 4.99 Å². The smallest absolute Gasteiger partial charge is 0.196 e. The second-order valence-corrected chi connectivity index (χ2v) is 6.28. The Balaban J connectivity index is 0.00000312. The fourth-order valence-electron chi connectivity index (χ4n) is 2.10. The van der Waals surface area contributed by atoms with E-state index in [1.54, 1.807) is 18.4 Å². The minimum atomic E-state index is 0. The summed E-state index contributed by atoms with van der Waals surface area (Å²) in [5.41, 5.74) is 0.888. The lowest BCUT2D eigenvalue weighted by Gasteiger charge is -2.14. The lowest BCUT2D eigenvalue weighted by molar-refractivity contribution is 0.311. The number of benzene rings is 1. The van der Waals surface area contributed by atoms with Crippen LogP contribution in [0.1, 0.15) is 23.7 Å². The Hall–Kier alpha value is -1.55. The summed E-state index contributed by atoms with van der Waals surface area (Å²) in [7, 11) is 1.63. The summed E-state index contributed by atoms with van der Waals surface area (Å²) in [4.78, 5) is 9.99.